The molecule has 0 spiro atoms. The van der Waals surface area contributed by atoms with E-state index < -0.39 is 5.72 Å². The fourth-order valence-electron chi connectivity index (χ4n) is 3.11. The molecule has 20 heavy (non-hydrogen) atoms. The lowest BCUT2D eigenvalue weighted by molar-refractivity contribution is -0.0242. The molecule has 2 aromatic rings. The molecule has 2 aromatic carbocycles. The summed E-state index contributed by atoms with van der Waals surface area (Å²) in [7, 11) is 0. The summed E-state index contributed by atoms with van der Waals surface area (Å²) >= 11 is 0. The summed E-state index contributed by atoms with van der Waals surface area (Å²) in [4.78, 5) is 6.38. The molecule has 0 aliphatic carbocycles. The number of rotatable bonds is 1. The van der Waals surface area contributed by atoms with Crippen molar-refractivity contribution in [3.05, 3.63) is 71.0 Å². The second-order valence-corrected chi connectivity index (χ2v) is 5.08. The van der Waals surface area contributed by atoms with Crippen molar-refractivity contribution in [3.63, 3.8) is 0 Å². The minimum Gasteiger partial charge on any atom is -0.363 e. The Morgan fingerprint density at radius 2 is 1.85 bits per heavy atom. The van der Waals surface area contributed by atoms with E-state index in [9.17, 15) is 9.50 Å². The number of hydrogen-bond donors (Lipinski definition) is 1. The molecule has 1 atom stereocenters. The average Bonchev–Trinajstić information content (AvgIpc) is 3.04. The lowest BCUT2D eigenvalue weighted by Crippen LogP contribution is -2.43. The number of aliphatic imine (C=N–C) groups is 1. The Bertz CT molecular complexity index is 711. The van der Waals surface area contributed by atoms with Gasteiger partial charge in [0.1, 0.15) is 11.7 Å². The highest BCUT2D eigenvalue weighted by Gasteiger charge is 2.49. The van der Waals surface area contributed by atoms with Gasteiger partial charge >= 0.3 is 0 Å². The van der Waals surface area contributed by atoms with Crippen LogP contribution in [0, 0.1) is 5.82 Å². The molecule has 0 radical (unpaired) electrons. The molecule has 0 amide bonds. The lowest BCUT2D eigenvalue weighted by atomic mass is 9.93. The van der Waals surface area contributed by atoms with E-state index in [1.54, 1.807) is 12.1 Å². The van der Waals surface area contributed by atoms with E-state index >= 15 is 0 Å². The van der Waals surface area contributed by atoms with Crippen LogP contribution in [-0.4, -0.2) is 28.9 Å². The number of benzene rings is 2. The van der Waals surface area contributed by atoms with Gasteiger partial charge in [0.2, 0.25) is 0 Å². The van der Waals surface area contributed by atoms with Crippen molar-refractivity contribution in [2.75, 3.05) is 13.1 Å². The van der Waals surface area contributed by atoms with Gasteiger partial charge in [-0.25, -0.2) is 4.39 Å². The first-order chi connectivity index (χ1) is 9.71. The Hall–Kier alpha value is -2.20. The van der Waals surface area contributed by atoms with Gasteiger partial charge in [-0.05, 0) is 12.1 Å². The number of fused-ring (bicyclic) bond motifs is 3. The van der Waals surface area contributed by atoms with E-state index in [0.29, 0.717) is 18.7 Å². The highest BCUT2D eigenvalue weighted by Crippen LogP contribution is 2.43. The van der Waals surface area contributed by atoms with Crippen LogP contribution in [0.3, 0.4) is 0 Å². The van der Waals surface area contributed by atoms with Crippen LogP contribution < -0.4 is 0 Å². The lowest BCUT2D eigenvalue weighted by Gasteiger charge is -2.33. The van der Waals surface area contributed by atoms with E-state index in [1.807, 2.05) is 29.2 Å². The van der Waals surface area contributed by atoms with Crippen molar-refractivity contribution >= 4 is 5.84 Å². The van der Waals surface area contributed by atoms with Crippen molar-refractivity contribution < 1.29 is 9.50 Å². The van der Waals surface area contributed by atoms with Crippen LogP contribution in [0.1, 0.15) is 16.7 Å². The molecule has 2 aliphatic heterocycles. The predicted molar refractivity (Wildman–Crippen MR) is 74.0 cm³/mol. The van der Waals surface area contributed by atoms with Gasteiger partial charge in [0, 0.05) is 23.2 Å². The molecule has 0 bridgehead atoms. The van der Waals surface area contributed by atoms with E-state index in [0.717, 1.165) is 17.0 Å². The molecular weight excluding hydrogens is 255 g/mol. The summed E-state index contributed by atoms with van der Waals surface area (Å²) in [6, 6.07) is 13.7. The number of hydrogen-bond acceptors (Lipinski definition) is 3. The summed E-state index contributed by atoms with van der Waals surface area (Å²) in [6.07, 6.45) is 0. The first kappa shape index (κ1) is 11.6. The molecule has 0 unspecified atom stereocenters. The Morgan fingerprint density at radius 3 is 2.65 bits per heavy atom. The summed E-state index contributed by atoms with van der Waals surface area (Å²) in [5.74, 6) is 0.520. The van der Waals surface area contributed by atoms with Crippen molar-refractivity contribution in [1.29, 1.82) is 0 Å². The maximum absolute atomic E-state index is 13.1. The third-order valence-corrected chi connectivity index (χ3v) is 4.02. The van der Waals surface area contributed by atoms with Crippen molar-refractivity contribution in [1.82, 2.24) is 4.90 Å². The van der Waals surface area contributed by atoms with Gasteiger partial charge in [-0.1, -0.05) is 36.4 Å². The summed E-state index contributed by atoms with van der Waals surface area (Å²) in [6.45, 7) is 1.34. The van der Waals surface area contributed by atoms with Gasteiger partial charge in [-0.3, -0.25) is 4.99 Å². The van der Waals surface area contributed by atoms with Gasteiger partial charge in [-0.15, -0.1) is 0 Å². The van der Waals surface area contributed by atoms with Gasteiger partial charge < -0.3 is 10.0 Å². The van der Waals surface area contributed by atoms with Crippen LogP contribution in [0.4, 0.5) is 4.39 Å². The van der Waals surface area contributed by atoms with Crippen LogP contribution >= 0.6 is 0 Å². The van der Waals surface area contributed by atoms with Gasteiger partial charge in [-0.2, -0.15) is 0 Å². The van der Waals surface area contributed by atoms with Crippen LogP contribution in [0.2, 0.25) is 0 Å². The Kier molecular flexibility index (Phi) is 2.26. The monoisotopic (exact) mass is 268 g/mol. The van der Waals surface area contributed by atoms with Crippen molar-refractivity contribution in [2.45, 2.75) is 5.72 Å². The van der Waals surface area contributed by atoms with E-state index in [-0.39, 0.29) is 5.82 Å². The van der Waals surface area contributed by atoms with Gasteiger partial charge in [0.05, 0.1) is 6.54 Å². The van der Waals surface area contributed by atoms with Gasteiger partial charge in [0.15, 0.2) is 5.72 Å². The summed E-state index contributed by atoms with van der Waals surface area (Å²) in [5, 5.41) is 11.3. The Morgan fingerprint density at radius 1 is 1.10 bits per heavy atom. The Balaban J connectivity index is 1.97. The molecule has 0 saturated carbocycles. The molecule has 100 valence electrons. The average molecular weight is 268 g/mol. The molecule has 1 N–H and O–H groups in total. The molecular formula is C16H13FN2O. The van der Waals surface area contributed by atoms with Crippen LogP contribution in [0.25, 0.3) is 0 Å². The fraction of sp³-hybridized carbons (Fsp3) is 0.188. The second-order valence-electron chi connectivity index (χ2n) is 5.08. The van der Waals surface area contributed by atoms with Crippen LogP contribution in [0.15, 0.2) is 53.5 Å². The normalized spacial score (nSPS) is 23.5. The predicted octanol–water partition coefficient (Wildman–Crippen LogP) is 2.09. The van der Waals surface area contributed by atoms with Crippen molar-refractivity contribution in [3.8, 4) is 0 Å². The zero-order valence-electron chi connectivity index (χ0n) is 10.8. The smallest absolute Gasteiger partial charge is 0.193 e. The van der Waals surface area contributed by atoms with E-state index in [4.69, 9.17) is 0 Å². The number of amidine groups is 1. The number of aliphatic hydroxyl groups is 1. The standard InChI is InChI=1S/C16H13FN2O/c17-12-7-5-11(6-8-12)16(20)14-4-2-1-3-13(14)15-18-9-10-19(15)16/h1-8,20H,9-10H2/t16-/m0/s1. The maximum atomic E-state index is 13.1. The first-order valence-corrected chi connectivity index (χ1v) is 6.61. The molecule has 0 aromatic heterocycles. The third-order valence-electron chi connectivity index (χ3n) is 4.02. The number of halogens is 1. The van der Waals surface area contributed by atoms with E-state index in [2.05, 4.69) is 4.99 Å². The zero-order chi connectivity index (χ0) is 13.7. The third kappa shape index (κ3) is 1.34. The molecule has 2 aliphatic rings. The molecule has 0 saturated heterocycles. The fourth-order valence-corrected chi connectivity index (χ4v) is 3.11. The van der Waals surface area contributed by atoms with Crippen LogP contribution in [0.5, 0.6) is 0 Å². The minimum atomic E-state index is -1.25. The largest absolute Gasteiger partial charge is 0.363 e. The van der Waals surface area contributed by atoms with E-state index in [1.165, 1.54) is 12.1 Å². The van der Waals surface area contributed by atoms with Gasteiger partial charge in [0.25, 0.3) is 0 Å². The minimum absolute atomic E-state index is 0.307. The Labute approximate surface area is 116 Å². The van der Waals surface area contributed by atoms with Crippen molar-refractivity contribution in [2.24, 2.45) is 4.99 Å². The summed E-state index contributed by atoms with van der Waals surface area (Å²) in [5.41, 5.74) is 1.18. The quantitative estimate of drug-likeness (QED) is 0.859. The number of nitrogens with zero attached hydrogens (tertiary/aromatic N) is 2. The topological polar surface area (TPSA) is 35.8 Å². The highest BCUT2D eigenvalue weighted by molar-refractivity contribution is 6.05. The van der Waals surface area contributed by atoms with Crippen LogP contribution in [-0.2, 0) is 5.72 Å². The molecule has 2 heterocycles. The summed E-state index contributed by atoms with van der Waals surface area (Å²) < 4.78 is 13.1. The molecule has 4 heteroatoms. The SMILES string of the molecule is O[C@@]1(c2ccc(F)cc2)c2ccccc2C2=NCCN21. The first-order valence-electron chi connectivity index (χ1n) is 6.61. The molecule has 3 nitrogen and oxygen atoms in total. The molecule has 4 rings (SSSR count). The molecule has 0 fully saturated rings. The highest BCUT2D eigenvalue weighted by atomic mass is 19.1. The second kappa shape index (κ2) is 3.90. The zero-order valence-corrected chi connectivity index (χ0v) is 10.8. The maximum Gasteiger partial charge on any atom is 0.193 e.